The lowest BCUT2D eigenvalue weighted by atomic mass is 10.1. The second-order valence-electron chi connectivity index (χ2n) is 6.02. The quantitative estimate of drug-likeness (QED) is 0.887. The Hall–Kier alpha value is -2.14. The zero-order valence-electron chi connectivity index (χ0n) is 13.6. The van der Waals surface area contributed by atoms with Gasteiger partial charge in [0.1, 0.15) is 0 Å². The number of nitrogens with zero attached hydrogens (tertiary/aromatic N) is 2. The average Bonchev–Trinajstić information content (AvgIpc) is 2.99. The van der Waals surface area contributed by atoms with Crippen LogP contribution < -0.4 is 10.6 Å². The molecule has 5 nitrogen and oxygen atoms in total. The van der Waals surface area contributed by atoms with Gasteiger partial charge in [-0.1, -0.05) is 37.3 Å². The molecule has 1 atom stereocenters. The molecule has 0 aliphatic carbocycles. The lowest BCUT2D eigenvalue weighted by Crippen LogP contribution is -2.45. The van der Waals surface area contributed by atoms with Gasteiger partial charge in [0.05, 0.1) is 24.0 Å². The number of carbonyl (C=O) groups excluding carboxylic acids is 1. The van der Waals surface area contributed by atoms with Crippen LogP contribution in [0.2, 0.25) is 0 Å². The number of carbonyl (C=O) groups is 1. The van der Waals surface area contributed by atoms with Crippen molar-refractivity contribution < 1.29 is 4.79 Å². The molecule has 0 spiro atoms. The summed E-state index contributed by atoms with van der Waals surface area (Å²) < 4.78 is 1.93. The second kappa shape index (κ2) is 7.42. The fourth-order valence-corrected chi connectivity index (χ4v) is 3.10. The summed E-state index contributed by atoms with van der Waals surface area (Å²) >= 11 is 0. The van der Waals surface area contributed by atoms with Gasteiger partial charge in [0, 0.05) is 12.6 Å². The molecule has 2 aromatic rings. The lowest BCUT2D eigenvalue weighted by Gasteiger charge is -2.23. The summed E-state index contributed by atoms with van der Waals surface area (Å²) in [6.07, 6.45) is 4.64. The van der Waals surface area contributed by atoms with E-state index in [1.165, 1.54) is 5.56 Å². The number of aromatic nitrogens is 2. The summed E-state index contributed by atoms with van der Waals surface area (Å²) in [7, 11) is 0. The summed E-state index contributed by atoms with van der Waals surface area (Å²) in [6, 6.07) is 10.4. The highest BCUT2D eigenvalue weighted by molar-refractivity contribution is 5.95. The van der Waals surface area contributed by atoms with Crippen molar-refractivity contribution in [3.05, 3.63) is 53.3 Å². The van der Waals surface area contributed by atoms with Gasteiger partial charge in [-0.2, -0.15) is 5.10 Å². The Morgan fingerprint density at radius 3 is 2.91 bits per heavy atom. The third-order valence-electron chi connectivity index (χ3n) is 4.34. The third-order valence-corrected chi connectivity index (χ3v) is 4.34. The average molecular weight is 312 g/mol. The van der Waals surface area contributed by atoms with Crippen molar-refractivity contribution in [1.29, 1.82) is 0 Å². The Bertz CT molecular complexity index is 644. The summed E-state index contributed by atoms with van der Waals surface area (Å²) in [5, 5.41) is 10.9. The summed E-state index contributed by atoms with van der Waals surface area (Å²) in [4.78, 5) is 12.6. The minimum atomic E-state index is -0.00476. The maximum atomic E-state index is 12.6. The van der Waals surface area contributed by atoms with Gasteiger partial charge in [0.2, 0.25) is 0 Å². The van der Waals surface area contributed by atoms with E-state index in [1.807, 2.05) is 22.9 Å². The zero-order chi connectivity index (χ0) is 16.1. The lowest BCUT2D eigenvalue weighted by molar-refractivity contribution is 0.0929. The van der Waals surface area contributed by atoms with E-state index in [0.29, 0.717) is 12.1 Å². The molecular formula is C18H24N4O. The van der Waals surface area contributed by atoms with Gasteiger partial charge in [-0.3, -0.25) is 9.48 Å². The molecule has 0 bridgehead atoms. The number of amides is 1. The Morgan fingerprint density at radius 2 is 2.22 bits per heavy atom. The maximum Gasteiger partial charge on any atom is 0.255 e. The molecule has 2 N–H and O–H groups in total. The highest BCUT2D eigenvalue weighted by Crippen LogP contribution is 2.13. The monoisotopic (exact) mass is 312 g/mol. The van der Waals surface area contributed by atoms with Gasteiger partial charge < -0.3 is 10.6 Å². The summed E-state index contributed by atoms with van der Waals surface area (Å²) in [6.45, 7) is 4.66. The van der Waals surface area contributed by atoms with E-state index in [2.05, 4.69) is 34.8 Å². The minimum absolute atomic E-state index is 0.00476. The number of rotatable bonds is 5. The van der Waals surface area contributed by atoms with E-state index in [-0.39, 0.29) is 11.9 Å². The smallest absolute Gasteiger partial charge is 0.255 e. The highest BCUT2D eigenvalue weighted by Gasteiger charge is 2.20. The summed E-state index contributed by atoms with van der Waals surface area (Å²) in [5.41, 5.74) is 2.89. The van der Waals surface area contributed by atoms with Crippen LogP contribution in [0.5, 0.6) is 0 Å². The van der Waals surface area contributed by atoms with Crippen LogP contribution in [0.3, 0.4) is 0 Å². The molecule has 0 unspecified atom stereocenters. The van der Waals surface area contributed by atoms with Crippen LogP contribution in [0.15, 0.2) is 36.5 Å². The van der Waals surface area contributed by atoms with Crippen LogP contribution in [0.1, 0.15) is 41.4 Å². The molecule has 23 heavy (non-hydrogen) atoms. The van der Waals surface area contributed by atoms with Crippen LogP contribution in [-0.4, -0.2) is 34.8 Å². The molecule has 1 fully saturated rings. The molecule has 1 saturated heterocycles. The molecular weight excluding hydrogens is 288 g/mol. The molecule has 0 radical (unpaired) electrons. The first-order chi connectivity index (χ1) is 11.3. The van der Waals surface area contributed by atoms with E-state index < -0.39 is 0 Å². The zero-order valence-corrected chi connectivity index (χ0v) is 13.6. The molecule has 1 amide bonds. The molecule has 3 rings (SSSR count). The predicted octanol–water partition coefficient (Wildman–Crippen LogP) is 1.98. The first kappa shape index (κ1) is 15.7. The number of nitrogens with one attached hydrogen (secondary N) is 2. The number of hydrogen-bond donors (Lipinski definition) is 2. The highest BCUT2D eigenvalue weighted by atomic mass is 16.1. The number of benzene rings is 1. The molecule has 1 aliphatic rings. The van der Waals surface area contributed by atoms with Crippen LogP contribution in [0, 0.1) is 0 Å². The van der Waals surface area contributed by atoms with Crippen molar-refractivity contribution in [3.8, 4) is 0 Å². The topological polar surface area (TPSA) is 59.0 Å². The largest absolute Gasteiger partial charge is 0.348 e. The van der Waals surface area contributed by atoms with Crippen molar-refractivity contribution >= 4 is 5.91 Å². The number of hydrogen-bond acceptors (Lipinski definition) is 3. The van der Waals surface area contributed by atoms with Crippen molar-refractivity contribution in [2.75, 3.05) is 13.1 Å². The van der Waals surface area contributed by atoms with E-state index in [4.69, 9.17) is 0 Å². The summed E-state index contributed by atoms with van der Waals surface area (Å²) in [5.74, 6) is -0.00476. The van der Waals surface area contributed by atoms with Gasteiger partial charge in [-0.15, -0.1) is 0 Å². The standard InChI is InChI=1S/C18H24N4O/c1-2-17-16(18(23)21-15-9-6-10-19-11-15)12-20-22(17)13-14-7-4-3-5-8-14/h3-5,7-8,12,15,19H,2,6,9-11,13H2,1H3,(H,21,23)/t15-/m0/s1. The molecule has 5 heteroatoms. The van der Waals surface area contributed by atoms with Gasteiger partial charge in [0.15, 0.2) is 0 Å². The van der Waals surface area contributed by atoms with E-state index >= 15 is 0 Å². The van der Waals surface area contributed by atoms with Crippen LogP contribution in [0.4, 0.5) is 0 Å². The van der Waals surface area contributed by atoms with Gasteiger partial charge in [-0.25, -0.2) is 0 Å². The Morgan fingerprint density at radius 1 is 1.39 bits per heavy atom. The first-order valence-corrected chi connectivity index (χ1v) is 8.38. The van der Waals surface area contributed by atoms with Crippen molar-refractivity contribution in [3.63, 3.8) is 0 Å². The molecule has 2 heterocycles. The second-order valence-corrected chi connectivity index (χ2v) is 6.02. The van der Waals surface area contributed by atoms with E-state index in [9.17, 15) is 4.79 Å². The van der Waals surface area contributed by atoms with Crippen LogP contribution in [0.25, 0.3) is 0 Å². The van der Waals surface area contributed by atoms with E-state index in [0.717, 1.165) is 38.0 Å². The van der Waals surface area contributed by atoms with Gasteiger partial charge in [-0.05, 0) is 31.4 Å². The Kier molecular flexibility index (Phi) is 5.08. The molecule has 1 aromatic carbocycles. The maximum absolute atomic E-state index is 12.6. The van der Waals surface area contributed by atoms with Crippen LogP contribution in [-0.2, 0) is 13.0 Å². The Labute approximate surface area is 137 Å². The fourth-order valence-electron chi connectivity index (χ4n) is 3.10. The molecule has 1 aromatic heterocycles. The number of piperidine rings is 1. The Balaban J connectivity index is 1.73. The normalized spacial score (nSPS) is 17.9. The third kappa shape index (κ3) is 3.79. The minimum Gasteiger partial charge on any atom is -0.348 e. The molecule has 122 valence electrons. The fraction of sp³-hybridized carbons (Fsp3) is 0.444. The molecule has 0 saturated carbocycles. The van der Waals surface area contributed by atoms with Crippen molar-refractivity contribution in [2.45, 2.75) is 38.8 Å². The molecule has 1 aliphatic heterocycles. The predicted molar refractivity (Wildman–Crippen MR) is 90.5 cm³/mol. The SMILES string of the molecule is CCc1c(C(=O)N[C@H]2CCCNC2)cnn1Cc1ccccc1. The van der Waals surface area contributed by atoms with Gasteiger partial charge >= 0.3 is 0 Å². The first-order valence-electron chi connectivity index (χ1n) is 8.38. The van der Waals surface area contributed by atoms with Crippen molar-refractivity contribution in [1.82, 2.24) is 20.4 Å². The van der Waals surface area contributed by atoms with Crippen LogP contribution >= 0.6 is 0 Å². The van der Waals surface area contributed by atoms with Gasteiger partial charge in [0.25, 0.3) is 5.91 Å². The van der Waals surface area contributed by atoms with Crippen molar-refractivity contribution in [2.24, 2.45) is 0 Å². The van der Waals surface area contributed by atoms with E-state index in [1.54, 1.807) is 6.20 Å².